The van der Waals surface area contributed by atoms with E-state index in [4.69, 9.17) is 5.73 Å². The molecular formula is C16H30N4. The maximum Gasteiger partial charge on any atom is 0.0522 e. The normalized spacial score (nSPS) is 18.6. The van der Waals surface area contributed by atoms with E-state index in [-0.39, 0.29) is 11.6 Å². The van der Waals surface area contributed by atoms with Gasteiger partial charge in [0.25, 0.3) is 0 Å². The van der Waals surface area contributed by atoms with Gasteiger partial charge in [0.15, 0.2) is 0 Å². The van der Waals surface area contributed by atoms with E-state index < -0.39 is 0 Å². The number of hydrogen-bond donors (Lipinski definition) is 1. The zero-order valence-electron chi connectivity index (χ0n) is 13.3. The molecule has 4 heteroatoms. The lowest BCUT2D eigenvalue weighted by molar-refractivity contribution is 0.0768. The van der Waals surface area contributed by atoms with Gasteiger partial charge in [0, 0.05) is 24.3 Å². The van der Waals surface area contributed by atoms with Crippen LogP contribution in [0.5, 0.6) is 0 Å². The maximum atomic E-state index is 6.66. The zero-order valence-corrected chi connectivity index (χ0v) is 13.3. The third-order valence-electron chi connectivity index (χ3n) is 5.12. The standard InChI is InChI=1S/C16H30N4/c1-4-16(5-2,19-9-7-8-10-19)15(17)11-14-12-18-20(6-3)13-14/h12-13,15H,4-11,17H2,1-3H3. The van der Waals surface area contributed by atoms with Gasteiger partial charge in [-0.25, -0.2) is 0 Å². The van der Waals surface area contributed by atoms with Crippen LogP contribution in [0.3, 0.4) is 0 Å². The van der Waals surface area contributed by atoms with Gasteiger partial charge in [0.05, 0.1) is 6.20 Å². The Morgan fingerprint density at radius 3 is 2.40 bits per heavy atom. The highest BCUT2D eigenvalue weighted by Crippen LogP contribution is 2.32. The van der Waals surface area contributed by atoms with E-state index in [1.807, 2.05) is 10.9 Å². The summed E-state index contributed by atoms with van der Waals surface area (Å²) in [6.07, 6.45) is 9.95. The molecule has 1 aromatic rings. The summed E-state index contributed by atoms with van der Waals surface area (Å²) in [5.74, 6) is 0. The Kier molecular flexibility index (Phi) is 5.22. The Morgan fingerprint density at radius 1 is 1.25 bits per heavy atom. The minimum atomic E-state index is 0.158. The summed E-state index contributed by atoms with van der Waals surface area (Å²) in [6, 6.07) is 0.185. The Labute approximate surface area is 123 Å². The van der Waals surface area contributed by atoms with Gasteiger partial charge in [0.1, 0.15) is 0 Å². The summed E-state index contributed by atoms with van der Waals surface area (Å²) in [5.41, 5.74) is 8.08. The van der Waals surface area contributed by atoms with Crippen molar-refractivity contribution in [3.8, 4) is 0 Å². The van der Waals surface area contributed by atoms with Crippen LogP contribution in [0, 0.1) is 0 Å². The van der Waals surface area contributed by atoms with Crippen LogP contribution in [0.2, 0.25) is 0 Å². The van der Waals surface area contributed by atoms with Crippen molar-refractivity contribution in [3.05, 3.63) is 18.0 Å². The van der Waals surface area contributed by atoms with E-state index in [2.05, 4.69) is 37.0 Å². The lowest BCUT2D eigenvalue weighted by Gasteiger charge is -2.45. The molecule has 2 N–H and O–H groups in total. The Balaban J connectivity index is 2.11. The predicted molar refractivity (Wildman–Crippen MR) is 83.7 cm³/mol. The number of likely N-dealkylation sites (tertiary alicyclic amines) is 1. The minimum absolute atomic E-state index is 0.158. The zero-order chi connectivity index (χ0) is 14.6. The first-order chi connectivity index (χ1) is 9.66. The third-order valence-corrected chi connectivity index (χ3v) is 5.12. The second-order valence-electron chi connectivity index (χ2n) is 6.02. The van der Waals surface area contributed by atoms with Gasteiger partial charge >= 0.3 is 0 Å². The molecule has 1 aromatic heterocycles. The number of aromatic nitrogens is 2. The molecule has 0 spiro atoms. The molecule has 0 aromatic carbocycles. The van der Waals surface area contributed by atoms with E-state index in [1.54, 1.807) is 0 Å². The molecule has 0 amide bonds. The number of rotatable bonds is 7. The first-order valence-electron chi connectivity index (χ1n) is 8.18. The molecule has 0 aliphatic carbocycles. The third kappa shape index (κ3) is 2.91. The molecule has 20 heavy (non-hydrogen) atoms. The van der Waals surface area contributed by atoms with Crippen LogP contribution in [-0.2, 0) is 13.0 Å². The number of aryl methyl sites for hydroxylation is 1. The van der Waals surface area contributed by atoms with E-state index in [9.17, 15) is 0 Å². The van der Waals surface area contributed by atoms with Gasteiger partial charge in [0.2, 0.25) is 0 Å². The fourth-order valence-corrected chi connectivity index (χ4v) is 3.75. The molecule has 1 unspecified atom stereocenters. The van der Waals surface area contributed by atoms with E-state index in [0.29, 0.717) is 0 Å². The topological polar surface area (TPSA) is 47.1 Å². The van der Waals surface area contributed by atoms with E-state index in [1.165, 1.54) is 31.5 Å². The van der Waals surface area contributed by atoms with E-state index >= 15 is 0 Å². The molecule has 0 radical (unpaired) electrons. The summed E-state index contributed by atoms with van der Waals surface area (Å²) in [6.45, 7) is 10.0. The number of nitrogens with two attached hydrogens (primary N) is 1. The van der Waals surface area contributed by atoms with Crippen molar-refractivity contribution in [2.24, 2.45) is 5.73 Å². The average molecular weight is 278 g/mol. The fraction of sp³-hybridized carbons (Fsp3) is 0.812. The molecule has 1 saturated heterocycles. The maximum absolute atomic E-state index is 6.66. The smallest absolute Gasteiger partial charge is 0.0522 e. The Hall–Kier alpha value is -0.870. The largest absolute Gasteiger partial charge is 0.326 e. The first kappa shape index (κ1) is 15.5. The monoisotopic (exact) mass is 278 g/mol. The molecule has 114 valence electrons. The number of hydrogen-bond acceptors (Lipinski definition) is 3. The van der Waals surface area contributed by atoms with Gasteiger partial charge in [-0.2, -0.15) is 5.10 Å². The van der Waals surface area contributed by atoms with Crippen molar-refractivity contribution in [1.82, 2.24) is 14.7 Å². The molecule has 1 fully saturated rings. The summed E-state index contributed by atoms with van der Waals surface area (Å²) in [7, 11) is 0. The molecule has 1 atom stereocenters. The molecule has 1 aliphatic heterocycles. The second-order valence-corrected chi connectivity index (χ2v) is 6.02. The highest BCUT2D eigenvalue weighted by atomic mass is 15.3. The van der Waals surface area contributed by atoms with Crippen LogP contribution in [0.15, 0.2) is 12.4 Å². The van der Waals surface area contributed by atoms with Crippen LogP contribution in [0.1, 0.15) is 52.0 Å². The van der Waals surface area contributed by atoms with Gasteiger partial charge in [-0.15, -0.1) is 0 Å². The van der Waals surface area contributed by atoms with Crippen LogP contribution in [0.4, 0.5) is 0 Å². The van der Waals surface area contributed by atoms with Crippen LogP contribution >= 0.6 is 0 Å². The molecular weight excluding hydrogens is 248 g/mol. The Bertz CT molecular complexity index is 402. The highest BCUT2D eigenvalue weighted by molar-refractivity contribution is 5.11. The van der Waals surface area contributed by atoms with Crippen molar-refractivity contribution in [2.75, 3.05) is 13.1 Å². The quantitative estimate of drug-likeness (QED) is 0.833. The molecule has 0 bridgehead atoms. The van der Waals surface area contributed by atoms with Crippen molar-refractivity contribution in [2.45, 2.75) is 71.0 Å². The van der Waals surface area contributed by atoms with Crippen LogP contribution in [0.25, 0.3) is 0 Å². The highest BCUT2D eigenvalue weighted by Gasteiger charge is 2.40. The average Bonchev–Trinajstić information content (AvgIpc) is 3.12. The fourth-order valence-electron chi connectivity index (χ4n) is 3.75. The summed E-state index contributed by atoms with van der Waals surface area (Å²) >= 11 is 0. The van der Waals surface area contributed by atoms with Crippen molar-refractivity contribution < 1.29 is 0 Å². The molecule has 2 rings (SSSR count). The summed E-state index contributed by atoms with van der Waals surface area (Å²) in [5, 5.41) is 4.37. The van der Waals surface area contributed by atoms with Crippen molar-refractivity contribution in [1.29, 1.82) is 0 Å². The van der Waals surface area contributed by atoms with Crippen molar-refractivity contribution >= 4 is 0 Å². The molecule has 2 heterocycles. The molecule has 0 saturated carbocycles. The second kappa shape index (κ2) is 6.72. The summed E-state index contributed by atoms with van der Waals surface area (Å²) < 4.78 is 1.98. The van der Waals surface area contributed by atoms with Gasteiger partial charge < -0.3 is 5.73 Å². The lowest BCUT2D eigenvalue weighted by Crippen LogP contribution is -2.59. The molecule has 1 aliphatic rings. The lowest BCUT2D eigenvalue weighted by atomic mass is 9.80. The Morgan fingerprint density at radius 2 is 1.90 bits per heavy atom. The number of nitrogens with zero attached hydrogens (tertiary/aromatic N) is 3. The summed E-state index contributed by atoms with van der Waals surface area (Å²) in [4.78, 5) is 2.64. The van der Waals surface area contributed by atoms with Gasteiger partial charge in [-0.3, -0.25) is 9.58 Å². The molecule has 4 nitrogen and oxygen atoms in total. The van der Waals surface area contributed by atoms with Gasteiger partial charge in [-0.1, -0.05) is 13.8 Å². The van der Waals surface area contributed by atoms with Gasteiger partial charge in [-0.05, 0) is 57.7 Å². The first-order valence-corrected chi connectivity index (χ1v) is 8.18. The SMILES string of the molecule is CCn1cc(CC(N)C(CC)(CC)N2CCCC2)cn1. The van der Waals surface area contributed by atoms with E-state index in [0.717, 1.165) is 25.8 Å². The predicted octanol–water partition coefficient (Wildman–Crippen LogP) is 2.43. The minimum Gasteiger partial charge on any atom is -0.326 e. The van der Waals surface area contributed by atoms with Crippen molar-refractivity contribution in [3.63, 3.8) is 0 Å². The van der Waals surface area contributed by atoms with Crippen LogP contribution in [-0.4, -0.2) is 39.4 Å². The van der Waals surface area contributed by atoms with Crippen LogP contribution < -0.4 is 5.73 Å².